The third kappa shape index (κ3) is 5.44. The summed E-state index contributed by atoms with van der Waals surface area (Å²) in [5.74, 6) is 1.72. The van der Waals surface area contributed by atoms with Crippen LogP contribution in [0.15, 0.2) is 9.79 Å². The van der Waals surface area contributed by atoms with Gasteiger partial charge in [0.2, 0.25) is 0 Å². The topological polar surface area (TPSA) is 85.5 Å². The van der Waals surface area contributed by atoms with Crippen molar-refractivity contribution >= 4 is 29.9 Å². The lowest BCUT2D eigenvalue weighted by molar-refractivity contribution is 0.114. The van der Waals surface area contributed by atoms with Crippen LogP contribution in [0.5, 0.6) is 0 Å². The summed E-state index contributed by atoms with van der Waals surface area (Å²) in [4.78, 5) is 16.5. The molecule has 0 saturated carbocycles. The molecule has 0 amide bonds. The molecule has 2 aliphatic rings. The third-order valence-corrected chi connectivity index (χ3v) is 4.62. The highest BCUT2D eigenvalue weighted by Crippen LogP contribution is 2.10. The molecule has 2 N–H and O–H groups in total. The number of hydrogen-bond acceptors (Lipinski definition) is 4. The molecule has 9 heteroatoms. The van der Waals surface area contributed by atoms with Crippen LogP contribution in [0.25, 0.3) is 0 Å². The van der Waals surface area contributed by atoms with Crippen LogP contribution in [0.3, 0.4) is 0 Å². The molecule has 1 saturated heterocycles. The number of fused-ring (bicyclic) bond motifs is 1. The Morgan fingerprint density at radius 2 is 2.24 bits per heavy atom. The van der Waals surface area contributed by atoms with Gasteiger partial charge >= 0.3 is 5.69 Å². The summed E-state index contributed by atoms with van der Waals surface area (Å²) in [5.41, 5.74) is 0.0330. The number of aryl methyl sites for hydroxylation is 2. The highest BCUT2D eigenvalue weighted by atomic mass is 127. The van der Waals surface area contributed by atoms with Gasteiger partial charge in [-0.15, -0.1) is 24.0 Å². The second-order valence-corrected chi connectivity index (χ2v) is 6.40. The zero-order valence-electron chi connectivity index (χ0n) is 14.9. The quantitative estimate of drug-likeness (QED) is 0.281. The van der Waals surface area contributed by atoms with E-state index < -0.39 is 0 Å². The SMILES string of the molecule is CN=C(NCCCn1nc2n(c1=O)CCCC2)NCC1CCCO1.I. The zero-order valence-corrected chi connectivity index (χ0v) is 17.2. The molecule has 1 aromatic heterocycles. The minimum atomic E-state index is 0. The number of halogens is 1. The largest absolute Gasteiger partial charge is 0.376 e. The Labute approximate surface area is 165 Å². The van der Waals surface area contributed by atoms with Gasteiger partial charge in [-0.25, -0.2) is 9.48 Å². The molecule has 0 aliphatic carbocycles. The highest BCUT2D eigenvalue weighted by molar-refractivity contribution is 14.0. The van der Waals surface area contributed by atoms with E-state index in [0.717, 1.165) is 76.6 Å². The molecule has 0 spiro atoms. The van der Waals surface area contributed by atoms with Crippen LogP contribution in [0, 0.1) is 0 Å². The molecule has 0 aromatic carbocycles. The molecule has 142 valence electrons. The third-order valence-electron chi connectivity index (χ3n) is 4.62. The first-order valence-electron chi connectivity index (χ1n) is 9.00. The van der Waals surface area contributed by atoms with Crippen molar-refractivity contribution in [2.24, 2.45) is 4.99 Å². The number of nitrogens with one attached hydrogen (secondary N) is 2. The van der Waals surface area contributed by atoms with Crippen LogP contribution in [0.2, 0.25) is 0 Å². The van der Waals surface area contributed by atoms with Gasteiger partial charge in [0.15, 0.2) is 5.96 Å². The average molecular weight is 464 g/mol. The number of aliphatic imine (C=N–C) groups is 1. The Kier molecular flexibility index (Phi) is 8.20. The Balaban J connectivity index is 0.00000225. The molecule has 1 aromatic rings. The number of ether oxygens (including phenoxy) is 1. The van der Waals surface area contributed by atoms with E-state index in [1.165, 1.54) is 0 Å². The van der Waals surface area contributed by atoms with Gasteiger partial charge in [0, 0.05) is 46.3 Å². The van der Waals surface area contributed by atoms with Gasteiger partial charge in [-0.05, 0) is 32.1 Å². The van der Waals surface area contributed by atoms with Crippen LogP contribution >= 0.6 is 24.0 Å². The fourth-order valence-electron chi connectivity index (χ4n) is 3.27. The predicted octanol–water partition coefficient (Wildman–Crippen LogP) is 0.733. The van der Waals surface area contributed by atoms with Gasteiger partial charge in [-0.3, -0.25) is 9.56 Å². The summed E-state index contributed by atoms with van der Waals surface area (Å²) >= 11 is 0. The smallest absolute Gasteiger partial charge is 0.345 e. The average Bonchev–Trinajstić information content (AvgIpc) is 3.23. The molecule has 25 heavy (non-hydrogen) atoms. The Hall–Kier alpha value is -1.10. The monoisotopic (exact) mass is 464 g/mol. The maximum absolute atomic E-state index is 12.2. The van der Waals surface area contributed by atoms with Crippen molar-refractivity contribution in [2.75, 3.05) is 26.7 Å². The summed E-state index contributed by atoms with van der Waals surface area (Å²) in [6, 6.07) is 0. The Bertz CT molecular complexity index is 621. The molecule has 8 nitrogen and oxygen atoms in total. The van der Waals surface area contributed by atoms with Crippen LogP contribution < -0.4 is 16.3 Å². The van der Waals surface area contributed by atoms with E-state index in [1.807, 2.05) is 4.57 Å². The Morgan fingerprint density at radius 1 is 1.36 bits per heavy atom. The lowest BCUT2D eigenvalue weighted by Crippen LogP contribution is -2.41. The number of nitrogens with zero attached hydrogens (tertiary/aromatic N) is 4. The van der Waals surface area contributed by atoms with Crippen LogP contribution in [0.1, 0.15) is 37.9 Å². The Morgan fingerprint density at radius 3 is 2.96 bits per heavy atom. The van der Waals surface area contributed by atoms with Crippen molar-refractivity contribution < 1.29 is 4.74 Å². The number of rotatable bonds is 6. The zero-order chi connectivity index (χ0) is 16.8. The summed E-state index contributed by atoms with van der Waals surface area (Å²) in [6.07, 6.45) is 6.49. The standard InChI is InChI=1S/C16H28N6O2.HI/c1-17-15(19-12-13-6-4-11-24-13)18-8-5-10-22-16(23)21-9-3-2-7-14(21)20-22;/h13H,2-12H2,1H3,(H2,17,18,19);1H. The summed E-state index contributed by atoms with van der Waals surface area (Å²) < 4.78 is 9.01. The van der Waals surface area contributed by atoms with Crippen molar-refractivity contribution in [3.63, 3.8) is 0 Å². The fraction of sp³-hybridized carbons (Fsp3) is 0.812. The van der Waals surface area contributed by atoms with E-state index in [9.17, 15) is 4.79 Å². The first-order valence-corrected chi connectivity index (χ1v) is 9.00. The van der Waals surface area contributed by atoms with E-state index >= 15 is 0 Å². The first kappa shape index (κ1) is 20.2. The molecule has 0 radical (unpaired) electrons. The minimum absolute atomic E-state index is 0. The van der Waals surface area contributed by atoms with E-state index in [4.69, 9.17) is 4.74 Å². The number of guanidine groups is 1. The fourth-order valence-corrected chi connectivity index (χ4v) is 3.27. The van der Waals surface area contributed by atoms with E-state index in [-0.39, 0.29) is 29.7 Å². The van der Waals surface area contributed by atoms with Gasteiger partial charge in [0.1, 0.15) is 5.82 Å². The van der Waals surface area contributed by atoms with Crippen molar-refractivity contribution in [1.29, 1.82) is 0 Å². The summed E-state index contributed by atoms with van der Waals surface area (Å²) in [6.45, 7) is 3.84. The van der Waals surface area contributed by atoms with Crippen LogP contribution in [-0.4, -0.2) is 53.2 Å². The lowest BCUT2D eigenvalue weighted by Gasteiger charge is -2.14. The molecule has 0 bridgehead atoms. The van der Waals surface area contributed by atoms with Gasteiger partial charge in [-0.1, -0.05) is 0 Å². The normalized spacial score (nSPS) is 20.0. The van der Waals surface area contributed by atoms with Gasteiger partial charge in [0.05, 0.1) is 6.10 Å². The van der Waals surface area contributed by atoms with Crippen LogP contribution in [-0.2, 0) is 24.2 Å². The highest BCUT2D eigenvalue weighted by Gasteiger charge is 2.17. The van der Waals surface area contributed by atoms with Crippen molar-refractivity contribution in [1.82, 2.24) is 25.0 Å². The minimum Gasteiger partial charge on any atom is -0.376 e. The molecule has 3 rings (SSSR count). The number of aromatic nitrogens is 3. The van der Waals surface area contributed by atoms with Gasteiger partial charge in [0.25, 0.3) is 0 Å². The second kappa shape index (κ2) is 10.1. The summed E-state index contributed by atoms with van der Waals surface area (Å²) in [7, 11) is 1.76. The van der Waals surface area contributed by atoms with Crippen molar-refractivity contribution in [3.05, 3.63) is 16.3 Å². The van der Waals surface area contributed by atoms with E-state index in [1.54, 1.807) is 11.7 Å². The summed E-state index contributed by atoms with van der Waals surface area (Å²) in [5, 5.41) is 11.0. The molecule has 1 atom stereocenters. The lowest BCUT2D eigenvalue weighted by atomic mass is 10.2. The van der Waals surface area contributed by atoms with Crippen LogP contribution in [0.4, 0.5) is 0 Å². The second-order valence-electron chi connectivity index (χ2n) is 6.40. The van der Waals surface area contributed by atoms with Gasteiger partial charge < -0.3 is 15.4 Å². The molecular weight excluding hydrogens is 435 g/mol. The van der Waals surface area contributed by atoms with Gasteiger partial charge in [-0.2, -0.15) is 5.10 Å². The molecule has 1 fully saturated rings. The molecular formula is C16H29IN6O2. The van der Waals surface area contributed by atoms with Crippen molar-refractivity contribution in [2.45, 2.75) is 57.7 Å². The molecule has 2 aliphatic heterocycles. The maximum Gasteiger partial charge on any atom is 0.345 e. The van der Waals surface area contributed by atoms with E-state index in [2.05, 4.69) is 20.7 Å². The van der Waals surface area contributed by atoms with E-state index in [0.29, 0.717) is 12.6 Å². The number of hydrogen-bond donors (Lipinski definition) is 2. The predicted molar refractivity (Wildman–Crippen MR) is 108 cm³/mol. The molecule has 3 heterocycles. The first-order chi connectivity index (χ1) is 11.8. The van der Waals surface area contributed by atoms with Crippen molar-refractivity contribution in [3.8, 4) is 0 Å². The molecule has 1 unspecified atom stereocenters. The maximum atomic E-state index is 12.2.